The van der Waals surface area contributed by atoms with Crippen molar-refractivity contribution in [2.75, 3.05) is 20.2 Å². The monoisotopic (exact) mass is 243 g/mol. The molecule has 0 saturated carbocycles. The van der Waals surface area contributed by atoms with E-state index in [0.717, 1.165) is 10.7 Å². The fraction of sp³-hybridized carbons (Fsp3) is 0.600. The van der Waals surface area contributed by atoms with Crippen molar-refractivity contribution in [3.05, 3.63) is 16.1 Å². The van der Waals surface area contributed by atoms with E-state index in [1.165, 1.54) is 16.2 Å². The number of aromatic nitrogens is 1. The van der Waals surface area contributed by atoms with Crippen molar-refractivity contribution in [2.24, 2.45) is 0 Å². The maximum atomic E-state index is 11.6. The van der Waals surface area contributed by atoms with Crippen molar-refractivity contribution in [1.82, 2.24) is 15.2 Å². The largest absolute Gasteiger partial charge is 0.395 e. The number of amides is 2. The Morgan fingerprint density at radius 3 is 2.94 bits per heavy atom. The standard InChI is InChI=1S/C10H17N3O2S/c1-7-6-16-9(11-7)8(2)12-10(15)13(3)4-5-14/h6,8,14H,4-5H2,1-3H3,(H,12,15). The van der Waals surface area contributed by atoms with E-state index in [4.69, 9.17) is 5.11 Å². The average molecular weight is 243 g/mol. The number of rotatable bonds is 4. The minimum atomic E-state index is -0.200. The summed E-state index contributed by atoms with van der Waals surface area (Å²) in [7, 11) is 1.64. The molecule has 2 N–H and O–H groups in total. The molecule has 0 fully saturated rings. The van der Waals surface area contributed by atoms with Gasteiger partial charge in [-0.25, -0.2) is 9.78 Å². The van der Waals surface area contributed by atoms with Crippen LogP contribution in [0.2, 0.25) is 0 Å². The molecule has 1 unspecified atom stereocenters. The van der Waals surface area contributed by atoms with Crippen molar-refractivity contribution in [3.63, 3.8) is 0 Å². The predicted molar refractivity (Wildman–Crippen MR) is 63.5 cm³/mol. The lowest BCUT2D eigenvalue weighted by molar-refractivity contribution is 0.188. The van der Waals surface area contributed by atoms with Gasteiger partial charge in [0.15, 0.2) is 0 Å². The van der Waals surface area contributed by atoms with Gasteiger partial charge in [0.25, 0.3) is 0 Å². The molecule has 6 heteroatoms. The number of thiazole rings is 1. The zero-order valence-corrected chi connectivity index (χ0v) is 10.5. The first-order valence-electron chi connectivity index (χ1n) is 5.09. The lowest BCUT2D eigenvalue weighted by Crippen LogP contribution is -2.39. The fourth-order valence-corrected chi connectivity index (χ4v) is 1.98. The zero-order chi connectivity index (χ0) is 12.1. The van der Waals surface area contributed by atoms with E-state index in [9.17, 15) is 4.79 Å². The number of nitrogens with zero attached hydrogens (tertiary/aromatic N) is 2. The van der Waals surface area contributed by atoms with Crippen LogP contribution < -0.4 is 5.32 Å². The summed E-state index contributed by atoms with van der Waals surface area (Å²) in [6.45, 7) is 4.11. The van der Waals surface area contributed by atoms with Crippen LogP contribution in [0.15, 0.2) is 5.38 Å². The number of hydrogen-bond donors (Lipinski definition) is 2. The average Bonchev–Trinajstić information content (AvgIpc) is 2.65. The van der Waals surface area contributed by atoms with E-state index < -0.39 is 0 Å². The van der Waals surface area contributed by atoms with Crippen LogP contribution in [0, 0.1) is 6.92 Å². The van der Waals surface area contributed by atoms with Crippen LogP contribution in [-0.2, 0) is 0 Å². The first-order valence-corrected chi connectivity index (χ1v) is 5.97. The quantitative estimate of drug-likeness (QED) is 0.833. The van der Waals surface area contributed by atoms with Gasteiger partial charge in [-0.05, 0) is 13.8 Å². The normalized spacial score (nSPS) is 12.2. The molecule has 1 rings (SSSR count). The van der Waals surface area contributed by atoms with E-state index in [-0.39, 0.29) is 18.7 Å². The number of urea groups is 1. The minimum absolute atomic E-state index is 0.0331. The van der Waals surface area contributed by atoms with E-state index in [1.54, 1.807) is 7.05 Å². The summed E-state index contributed by atoms with van der Waals surface area (Å²) < 4.78 is 0. The van der Waals surface area contributed by atoms with Gasteiger partial charge in [-0.2, -0.15) is 0 Å². The minimum Gasteiger partial charge on any atom is -0.395 e. The summed E-state index contributed by atoms with van der Waals surface area (Å²) in [6, 6.07) is -0.304. The molecule has 1 aromatic heterocycles. The highest BCUT2D eigenvalue weighted by Crippen LogP contribution is 2.17. The number of carbonyl (C=O) groups is 1. The topological polar surface area (TPSA) is 65.5 Å². The third kappa shape index (κ3) is 3.46. The second-order valence-corrected chi connectivity index (χ2v) is 4.53. The molecule has 90 valence electrons. The van der Waals surface area contributed by atoms with Crippen LogP contribution in [0.1, 0.15) is 23.7 Å². The maximum absolute atomic E-state index is 11.6. The first-order chi connectivity index (χ1) is 7.54. The smallest absolute Gasteiger partial charge is 0.317 e. The van der Waals surface area contributed by atoms with Gasteiger partial charge in [0.1, 0.15) is 5.01 Å². The third-order valence-electron chi connectivity index (χ3n) is 2.13. The molecule has 0 radical (unpaired) electrons. The molecule has 0 spiro atoms. The molecule has 2 amide bonds. The Morgan fingerprint density at radius 2 is 2.44 bits per heavy atom. The van der Waals surface area contributed by atoms with Crippen LogP contribution in [0.4, 0.5) is 4.79 Å². The maximum Gasteiger partial charge on any atom is 0.317 e. The Balaban J connectivity index is 2.51. The summed E-state index contributed by atoms with van der Waals surface area (Å²) in [4.78, 5) is 17.4. The highest BCUT2D eigenvalue weighted by atomic mass is 32.1. The number of likely N-dealkylation sites (N-methyl/N-ethyl adjacent to an activating group) is 1. The Labute approximate surface area is 99.1 Å². The molecule has 1 heterocycles. The van der Waals surface area contributed by atoms with Gasteiger partial charge in [-0.3, -0.25) is 0 Å². The van der Waals surface area contributed by atoms with Gasteiger partial charge >= 0.3 is 6.03 Å². The molecule has 1 aromatic rings. The van der Waals surface area contributed by atoms with Crippen LogP contribution >= 0.6 is 11.3 Å². The van der Waals surface area contributed by atoms with Gasteiger partial charge < -0.3 is 15.3 Å². The van der Waals surface area contributed by atoms with Crippen molar-refractivity contribution in [3.8, 4) is 0 Å². The van der Waals surface area contributed by atoms with Gasteiger partial charge in [-0.15, -0.1) is 11.3 Å². The van der Waals surface area contributed by atoms with Crippen molar-refractivity contribution >= 4 is 17.4 Å². The molecular formula is C10H17N3O2S. The molecule has 0 aromatic carbocycles. The van der Waals surface area contributed by atoms with E-state index >= 15 is 0 Å². The second-order valence-electron chi connectivity index (χ2n) is 3.64. The lowest BCUT2D eigenvalue weighted by atomic mass is 10.3. The Morgan fingerprint density at radius 1 is 1.75 bits per heavy atom. The molecule has 0 bridgehead atoms. The van der Waals surface area contributed by atoms with Crippen molar-refractivity contribution in [2.45, 2.75) is 19.9 Å². The number of carbonyl (C=O) groups excluding carboxylic acids is 1. The number of nitrogens with one attached hydrogen (secondary N) is 1. The summed E-state index contributed by atoms with van der Waals surface area (Å²) in [6.07, 6.45) is 0. The van der Waals surface area contributed by atoms with Crippen LogP contribution in [0.3, 0.4) is 0 Å². The molecule has 1 atom stereocenters. The highest BCUT2D eigenvalue weighted by Gasteiger charge is 2.14. The molecule has 16 heavy (non-hydrogen) atoms. The lowest BCUT2D eigenvalue weighted by Gasteiger charge is -2.19. The summed E-state index contributed by atoms with van der Waals surface area (Å²) in [5, 5.41) is 14.4. The first kappa shape index (κ1) is 12.9. The molecule has 0 aliphatic carbocycles. The van der Waals surface area contributed by atoms with Crippen LogP contribution in [0.5, 0.6) is 0 Å². The van der Waals surface area contributed by atoms with Crippen molar-refractivity contribution < 1.29 is 9.90 Å². The van der Waals surface area contributed by atoms with E-state index in [1.807, 2.05) is 19.2 Å². The molecule has 5 nitrogen and oxygen atoms in total. The molecular weight excluding hydrogens is 226 g/mol. The predicted octanol–water partition coefficient (Wildman–Crippen LogP) is 1.15. The number of aryl methyl sites for hydroxylation is 1. The SMILES string of the molecule is Cc1csc(C(C)NC(=O)N(C)CCO)n1. The molecule has 0 aliphatic rings. The second kappa shape index (κ2) is 5.81. The number of aliphatic hydroxyl groups is 1. The van der Waals surface area contributed by atoms with Gasteiger partial charge in [0, 0.05) is 24.7 Å². The van der Waals surface area contributed by atoms with E-state index in [2.05, 4.69) is 10.3 Å². The summed E-state index contributed by atoms with van der Waals surface area (Å²) >= 11 is 1.53. The van der Waals surface area contributed by atoms with Gasteiger partial charge in [-0.1, -0.05) is 0 Å². The zero-order valence-electron chi connectivity index (χ0n) is 9.73. The van der Waals surface area contributed by atoms with Crippen molar-refractivity contribution in [1.29, 1.82) is 0 Å². The fourth-order valence-electron chi connectivity index (χ4n) is 1.18. The van der Waals surface area contributed by atoms with Crippen LogP contribution in [-0.4, -0.2) is 41.2 Å². The number of hydrogen-bond acceptors (Lipinski definition) is 4. The molecule has 0 aliphatic heterocycles. The summed E-state index contributed by atoms with van der Waals surface area (Å²) in [5.74, 6) is 0. The molecule has 0 saturated heterocycles. The highest BCUT2D eigenvalue weighted by molar-refractivity contribution is 7.09. The van der Waals surface area contributed by atoms with Gasteiger partial charge in [0.2, 0.25) is 0 Å². The summed E-state index contributed by atoms with van der Waals surface area (Å²) in [5.41, 5.74) is 0.963. The van der Waals surface area contributed by atoms with E-state index in [0.29, 0.717) is 6.54 Å². The Bertz CT molecular complexity index is 354. The third-order valence-corrected chi connectivity index (χ3v) is 3.27. The van der Waals surface area contributed by atoms with Crippen LogP contribution in [0.25, 0.3) is 0 Å². The number of aliphatic hydroxyl groups excluding tert-OH is 1. The van der Waals surface area contributed by atoms with Gasteiger partial charge in [0.05, 0.1) is 12.6 Å². The Kier molecular flexibility index (Phi) is 4.70. The Hall–Kier alpha value is -1.14.